The number of ether oxygens (including phenoxy) is 1. The summed E-state index contributed by atoms with van der Waals surface area (Å²) in [6.07, 6.45) is -1.33. The Morgan fingerprint density at radius 2 is 2.27 bits per heavy atom. The van der Waals surface area contributed by atoms with Crippen molar-refractivity contribution in [2.24, 2.45) is 0 Å². The highest BCUT2D eigenvalue weighted by atomic mass is 35.5. The van der Waals surface area contributed by atoms with E-state index >= 15 is 0 Å². The summed E-state index contributed by atoms with van der Waals surface area (Å²) in [7, 11) is 1.23. The van der Waals surface area contributed by atoms with Gasteiger partial charge in [-0.2, -0.15) is 0 Å². The zero-order valence-corrected chi connectivity index (χ0v) is 8.86. The van der Waals surface area contributed by atoms with Gasteiger partial charge in [-0.15, -0.1) is 0 Å². The Morgan fingerprint density at radius 3 is 2.87 bits per heavy atom. The first-order valence-corrected chi connectivity index (χ1v) is 4.66. The minimum atomic E-state index is -1.11. The van der Waals surface area contributed by atoms with Gasteiger partial charge >= 0.3 is 5.97 Å². The first kappa shape index (κ1) is 11.8. The van der Waals surface area contributed by atoms with E-state index in [-0.39, 0.29) is 22.8 Å². The molecule has 0 aliphatic rings. The summed E-state index contributed by atoms with van der Waals surface area (Å²) >= 11 is 5.65. The van der Waals surface area contributed by atoms with Gasteiger partial charge in [-0.1, -0.05) is 23.7 Å². The summed E-state index contributed by atoms with van der Waals surface area (Å²) in [5, 5.41) is 19.3. The molecule has 82 valence electrons. The number of methoxy groups -OCH3 is 1. The van der Waals surface area contributed by atoms with Crippen molar-refractivity contribution in [3.8, 4) is 5.75 Å². The van der Waals surface area contributed by atoms with Crippen LogP contribution in [0.2, 0.25) is 5.02 Å². The number of aliphatic hydroxyl groups excluding tert-OH is 1. The van der Waals surface area contributed by atoms with Crippen LogP contribution in [0.4, 0.5) is 0 Å². The zero-order valence-electron chi connectivity index (χ0n) is 8.11. The van der Waals surface area contributed by atoms with E-state index in [1.165, 1.54) is 19.2 Å². The molecule has 2 N–H and O–H groups in total. The molecule has 15 heavy (non-hydrogen) atoms. The largest absolute Gasteiger partial charge is 0.506 e. The number of hydrogen-bond donors (Lipinski definition) is 2. The number of halogens is 1. The van der Waals surface area contributed by atoms with Gasteiger partial charge in [0.25, 0.3) is 0 Å². The molecule has 0 spiro atoms. The van der Waals surface area contributed by atoms with E-state index in [2.05, 4.69) is 4.74 Å². The average Bonchev–Trinajstić information content (AvgIpc) is 2.21. The lowest BCUT2D eigenvalue weighted by Crippen LogP contribution is -2.08. The molecule has 0 saturated carbocycles. The van der Waals surface area contributed by atoms with Crippen molar-refractivity contribution in [1.29, 1.82) is 0 Å². The fraction of sp³-hybridized carbons (Fsp3) is 0.300. The smallest absolute Gasteiger partial charge is 0.308 e. The summed E-state index contributed by atoms with van der Waals surface area (Å²) in [5.41, 5.74) is 0.216. The Kier molecular flexibility index (Phi) is 3.94. The molecule has 0 radical (unpaired) electrons. The Labute approximate surface area is 92.1 Å². The number of aromatic hydroxyl groups is 1. The molecule has 1 atom stereocenters. The fourth-order valence-electron chi connectivity index (χ4n) is 1.15. The van der Waals surface area contributed by atoms with Crippen molar-refractivity contribution in [2.75, 3.05) is 7.11 Å². The predicted octanol–water partition coefficient (Wildman–Crippen LogP) is 1.64. The van der Waals surface area contributed by atoms with Crippen molar-refractivity contribution < 1.29 is 19.7 Å². The molecule has 0 fully saturated rings. The topological polar surface area (TPSA) is 66.8 Å². The molecule has 0 aromatic heterocycles. The summed E-state index contributed by atoms with van der Waals surface area (Å²) in [4.78, 5) is 10.9. The second-order valence-electron chi connectivity index (χ2n) is 2.97. The number of aliphatic hydroxyl groups is 1. The fourth-order valence-corrected chi connectivity index (χ4v) is 1.33. The van der Waals surface area contributed by atoms with Crippen molar-refractivity contribution in [3.05, 3.63) is 28.8 Å². The van der Waals surface area contributed by atoms with E-state index in [9.17, 15) is 15.0 Å². The van der Waals surface area contributed by atoms with Gasteiger partial charge in [0, 0.05) is 5.56 Å². The van der Waals surface area contributed by atoms with Crippen LogP contribution in [0.15, 0.2) is 18.2 Å². The van der Waals surface area contributed by atoms with Gasteiger partial charge in [0.1, 0.15) is 5.75 Å². The number of hydrogen-bond acceptors (Lipinski definition) is 4. The Hall–Kier alpha value is -1.26. The quantitative estimate of drug-likeness (QED) is 0.775. The van der Waals surface area contributed by atoms with E-state index in [0.717, 1.165) is 0 Å². The standard InChI is InChI=1S/C10H11ClO4/c1-15-9(13)5-8(12)6-3-2-4-7(11)10(6)14/h2-4,8,12,14H,5H2,1H3/t8-/m0/s1. The van der Waals surface area contributed by atoms with Crippen molar-refractivity contribution in [1.82, 2.24) is 0 Å². The van der Waals surface area contributed by atoms with Crippen LogP contribution in [0.3, 0.4) is 0 Å². The number of carbonyl (C=O) groups is 1. The molecular formula is C10H11ClO4. The number of esters is 1. The molecule has 0 aliphatic heterocycles. The first-order valence-electron chi connectivity index (χ1n) is 4.28. The molecule has 1 aromatic carbocycles. The minimum Gasteiger partial charge on any atom is -0.506 e. The Balaban J connectivity index is 2.86. The van der Waals surface area contributed by atoms with Gasteiger partial charge in [0.05, 0.1) is 24.7 Å². The predicted molar refractivity (Wildman–Crippen MR) is 54.7 cm³/mol. The highest BCUT2D eigenvalue weighted by Crippen LogP contribution is 2.32. The molecule has 1 rings (SSSR count). The molecule has 0 amide bonds. The summed E-state index contributed by atoms with van der Waals surface area (Å²) in [6, 6.07) is 4.57. The third-order valence-corrected chi connectivity index (χ3v) is 2.27. The number of phenolic OH excluding ortho intramolecular Hbond substituents is 1. The summed E-state index contributed by atoms with van der Waals surface area (Å²) in [5.74, 6) is -0.766. The zero-order chi connectivity index (χ0) is 11.4. The number of phenols is 1. The van der Waals surface area contributed by atoms with Crippen LogP contribution in [0.25, 0.3) is 0 Å². The number of benzene rings is 1. The Bertz CT molecular complexity index is 364. The van der Waals surface area contributed by atoms with E-state index < -0.39 is 12.1 Å². The van der Waals surface area contributed by atoms with E-state index in [0.29, 0.717) is 0 Å². The SMILES string of the molecule is COC(=O)C[C@H](O)c1cccc(Cl)c1O. The third kappa shape index (κ3) is 2.84. The second-order valence-corrected chi connectivity index (χ2v) is 3.38. The lowest BCUT2D eigenvalue weighted by Gasteiger charge is -2.11. The van der Waals surface area contributed by atoms with Gasteiger partial charge in [0.15, 0.2) is 0 Å². The second kappa shape index (κ2) is 5.00. The third-order valence-electron chi connectivity index (χ3n) is 1.96. The molecule has 1 aromatic rings. The van der Waals surface area contributed by atoms with Gasteiger partial charge in [0.2, 0.25) is 0 Å². The Morgan fingerprint density at radius 1 is 1.60 bits per heavy atom. The number of carbonyl (C=O) groups excluding carboxylic acids is 1. The molecule has 0 aliphatic carbocycles. The maximum Gasteiger partial charge on any atom is 0.308 e. The maximum absolute atomic E-state index is 10.9. The maximum atomic E-state index is 10.9. The van der Waals surface area contributed by atoms with Crippen LogP contribution in [0, 0.1) is 0 Å². The van der Waals surface area contributed by atoms with E-state index in [1.54, 1.807) is 6.07 Å². The van der Waals surface area contributed by atoms with Crippen LogP contribution in [0.5, 0.6) is 5.75 Å². The van der Waals surface area contributed by atoms with Crippen LogP contribution in [-0.2, 0) is 9.53 Å². The van der Waals surface area contributed by atoms with Gasteiger partial charge in [-0.05, 0) is 6.07 Å². The lowest BCUT2D eigenvalue weighted by atomic mass is 10.1. The van der Waals surface area contributed by atoms with Gasteiger partial charge in [-0.25, -0.2) is 0 Å². The average molecular weight is 231 g/mol. The molecule has 0 bridgehead atoms. The highest BCUT2D eigenvalue weighted by Gasteiger charge is 2.17. The van der Waals surface area contributed by atoms with Crippen LogP contribution < -0.4 is 0 Å². The summed E-state index contributed by atoms with van der Waals surface area (Å²) < 4.78 is 4.40. The van der Waals surface area contributed by atoms with Gasteiger partial charge in [-0.3, -0.25) is 4.79 Å². The minimum absolute atomic E-state index is 0.136. The lowest BCUT2D eigenvalue weighted by molar-refractivity contribution is -0.142. The van der Waals surface area contributed by atoms with E-state index in [4.69, 9.17) is 11.6 Å². The van der Waals surface area contributed by atoms with Crippen LogP contribution in [0.1, 0.15) is 18.1 Å². The summed E-state index contributed by atoms with van der Waals surface area (Å²) in [6.45, 7) is 0. The van der Waals surface area contributed by atoms with E-state index in [1.807, 2.05) is 0 Å². The van der Waals surface area contributed by atoms with Crippen molar-refractivity contribution in [3.63, 3.8) is 0 Å². The molecule has 0 saturated heterocycles. The molecule has 4 nitrogen and oxygen atoms in total. The molecule has 5 heteroatoms. The normalized spacial score (nSPS) is 12.2. The number of rotatable bonds is 3. The molecule has 0 unspecified atom stereocenters. The van der Waals surface area contributed by atoms with Crippen molar-refractivity contribution >= 4 is 17.6 Å². The van der Waals surface area contributed by atoms with Crippen molar-refractivity contribution in [2.45, 2.75) is 12.5 Å². The molecule has 0 heterocycles. The first-order chi connectivity index (χ1) is 7.06. The van der Waals surface area contributed by atoms with Crippen LogP contribution >= 0.6 is 11.6 Å². The molecular weight excluding hydrogens is 220 g/mol. The van der Waals surface area contributed by atoms with Gasteiger partial charge < -0.3 is 14.9 Å². The highest BCUT2D eigenvalue weighted by molar-refractivity contribution is 6.32. The van der Waals surface area contributed by atoms with Crippen LogP contribution in [-0.4, -0.2) is 23.3 Å². The number of para-hydroxylation sites is 1. The monoisotopic (exact) mass is 230 g/mol.